The normalized spacial score (nSPS) is 16.8. The van der Waals surface area contributed by atoms with Crippen LogP contribution in [0.25, 0.3) is 0 Å². The molecule has 0 saturated carbocycles. The van der Waals surface area contributed by atoms with E-state index in [1.165, 1.54) is 6.20 Å². The van der Waals surface area contributed by atoms with Crippen molar-refractivity contribution in [1.29, 1.82) is 0 Å². The van der Waals surface area contributed by atoms with E-state index in [2.05, 4.69) is 10.3 Å². The SMILES string of the molecule is CN(C(=O)c1ccncc1Cl)C1CCNCC1. The first-order chi connectivity index (χ1) is 8.20. The molecular formula is C12H16ClN3O. The predicted octanol–water partition coefficient (Wildman–Crippen LogP) is 1.56. The lowest BCUT2D eigenvalue weighted by atomic mass is 10.0. The van der Waals surface area contributed by atoms with E-state index in [4.69, 9.17) is 11.6 Å². The quantitative estimate of drug-likeness (QED) is 0.870. The van der Waals surface area contributed by atoms with Gasteiger partial charge < -0.3 is 10.2 Å². The molecule has 2 heterocycles. The number of amides is 1. The summed E-state index contributed by atoms with van der Waals surface area (Å²) in [6, 6.07) is 1.97. The Kier molecular flexibility index (Phi) is 3.97. The maximum atomic E-state index is 12.3. The van der Waals surface area contributed by atoms with Crippen LogP contribution in [0.5, 0.6) is 0 Å². The van der Waals surface area contributed by atoms with Gasteiger partial charge in [-0.15, -0.1) is 0 Å². The summed E-state index contributed by atoms with van der Waals surface area (Å²) in [7, 11) is 1.84. The minimum Gasteiger partial charge on any atom is -0.339 e. The summed E-state index contributed by atoms with van der Waals surface area (Å²) in [5.74, 6) is -0.0238. The van der Waals surface area contributed by atoms with Gasteiger partial charge in [0.25, 0.3) is 5.91 Å². The molecule has 2 rings (SSSR count). The van der Waals surface area contributed by atoms with Gasteiger partial charge in [-0.2, -0.15) is 0 Å². The van der Waals surface area contributed by atoms with E-state index in [1.807, 2.05) is 7.05 Å². The van der Waals surface area contributed by atoms with Crippen LogP contribution in [0.3, 0.4) is 0 Å². The number of carbonyl (C=O) groups excluding carboxylic acids is 1. The average Bonchev–Trinajstić information content (AvgIpc) is 2.39. The third kappa shape index (κ3) is 2.76. The van der Waals surface area contributed by atoms with E-state index in [0.717, 1.165) is 25.9 Å². The van der Waals surface area contributed by atoms with Gasteiger partial charge in [-0.25, -0.2) is 0 Å². The molecule has 1 aliphatic rings. The number of nitrogens with one attached hydrogen (secondary N) is 1. The van der Waals surface area contributed by atoms with Gasteiger partial charge in [0.1, 0.15) is 0 Å². The Bertz CT molecular complexity index is 404. The highest BCUT2D eigenvalue weighted by Gasteiger charge is 2.23. The minimum atomic E-state index is -0.0238. The Hall–Kier alpha value is -1.13. The van der Waals surface area contributed by atoms with Crippen LogP contribution in [-0.4, -0.2) is 42.0 Å². The van der Waals surface area contributed by atoms with Crippen LogP contribution in [-0.2, 0) is 0 Å². The van der Waals surface area contributed by atoms with Crippen molar-refractivity contribution in [2.45, 2.75) is 18.9 Å². The number of pyridine rings is 1. The van der Waals surface area contributed by atoms with Crippen LogP contribution in [0.4, 0.5) is 0 Å². The second-order valence-corrected chi connectivity index (χ2v) is 4.66. The molecule has 1 N–H and O–H groups in total. The van der Waals surface area contributed by atoms with Crippen molar-refractivity contribution in [3.05, 3.63) is 29.0 Å². The van der Waals surface area contributed by atoms with Crippen molar-refractivity contribution in [3.8, 4) is 0 Å². The van der Waals surface area contributed by atoms with Crippen molar-refractivity contribution in [1.82, 2.24) is 15.2 Å². The van der Waals surface area contributed by atoms with Crippen molar-refractivity contribution in [2.24, 2.45) is 0 Å². The van der Waals surface area contributed by atoms with Crippen molar-refractivity contribution < 1.29 is 4.79 Å². The number of carbonyl (C=O) groups is 1. The van der Waals surface area contributed by atoms with Gasteiger partial charge in [0.2, 0.25) is 0 Å². The Morgan fingerprint density at radius 2 is 2.24 bits per heavy atom. The molecule has 5 heteroatoms. The molecule has 1 aromatic heterocycles. The summed E-state index contributed by atoms with van der Waals surface area (Å²) in [6.07, 6.45) is 5.08. The van der Waals surface area contributed by atoms with Gasteiger partial charge in [0, 0.05) is 25.5 Å². The number of nitrogens with zero attached hydrogens (tertiary/aromatic N) is 2. The largest absolute Gasteiger partial charge is 0.339 e. The molecule has 0 aliphatic carbocycles. The first kappa shape index (κ1) is 12.3. The number of piperidine rings is 1. The highest BCUT2D eigenvalue weighted by Crippen LogP contribution is 2.18. The molecule has 17 heavy (non-hydrogen) atoms. The van der Waals surface area contributed by atoms with Crippen LogP contribution in [0.15, 0.2) is 18.5 Å². The number of hydrogen-bond donors (Lipinski definition) is 1. The summed E-state index contributed by atoms with van der Waals surface area (Å²) in [6.45, 7) is 1.93. The zero-order valence-corrected chi connectivity index (χ0v) is 10.6. The number of halogens is 1. The van der Waals surface area contributed by atoms with Gasteiger partial charge >= 0.3 is 0 Å². The number of rotatable bonds is 2. The molecule has 0 bridgehead atoms. The van der Waals surface area contributed by atoms with Crippen molar-refractivity contribution in [3.63, 3.8) is 0 Å². The molecule has 0 unspecified atom stereocenters. The molecule has 4 nitrogen and oxygen atoms in total. The van der Waals surface area contributed by atoms with Gasteiger partial charge in [0.15, 0.2) is 0 Å². The molecule has 0 spiro atoms. The van der Waals surface area contributed by atoms with Crippen molar-refractivity contribution in [2.75, 3.05) is 20.1 Å². The predicted molar refractivity (Wildman–Crippen MR) is 67.2 cm³/mol. The molecule has 0 radical (unpaired) electrons. The molecule has 1 aliphatic heterocycles. The highest BCUT2D eigenvalue weighted by atomic mass is 35.5. The van der Waals surface area contributed by atoms with E-state index < -0.39 is 0 Å². The zero-order chi connectivity index (χ0) is 12.3. The fourth-order valence-corrected chi connectivity index (χ4v) is 2.30. The van der Waals surface area contributed by atoms with Gasteiger partial charge in [-0.05, 0) is 32.0 Å². The summed E-state index contributed by atoms with van der Waals surface area (Å²) >= 11 is 5.98. The summed E-state index contributed by atoms with van der Waals surface area (Å²) in [5.41, 5.74) is 0.530. The van der Waals surface area contributed by atoms with E-state index in [9.17, 15) is 4.79 Å². The molecule has 1 fully saturated rings. The highest BCUT2D eigenvalue weighted by molar-refractivity contribution is 6.33. The minimum absolute atomic E-state index is 0.0238. The Balaban J connectivity index is 2.11. The van der Waals surface area contributed by atoms with Crippen LogP contribution in [0, 0.1) is 0 Å². The molecule has 1 aromatic rings. The first-order valence-corrected chi connectivity index (χ1v) is 6.15. The van der Waals surface area contributed by atoms with Gasteiger partial charge in [-0.1, -0.05) is 11.6 Å². The van der Waals surface area contributed by atoms with E-state index in [-0.39, 0.29) is 5.91 Å². The Morgan fingerprint density at radius 3 is 2.88 bits per heavy atom. The molecule has 1 amide bonds. The third-order valence-corrected chi connectivity index (χ3v) is 3.48. The standard InChI is InChI=1S/C12H16ClN3O/c1-16(9-2-5-14-6-3-9)12(17)10-4-7-15-8-11(10)13/h4,7-9,14H,2-3,5-6H2,1H3. The smallest absolute Gasteiger partial charge is 0.255 e. The fourth-order valence-electron chi connectivity index (χ4n) is 2.10. The third-order valence-electron chi connectivity index (χ3n) is 3.18. The second kappa shape index (κ2) is 5.47. The monoisotopic (exact) mass is 253 g/mol. The molecule has 1 saturated heterocycles. The molecule has 0 aromatic carbocycles. The maximum absolute atomic E-state index is 12.3. The average molecular weight is 254 g/mol. The summed E-state index contributed by atoms with van der Waals surface area (Å²) in [4.78, 5) is 17.9. The van der Waals surface area contributed by atoms with Crippen LogP contribution < -0.4 is 5.32 Å². The second-order valence-electron chi connectivity index (χ2n) is 4.25. The summed E-state index contributed by atoms with van der Waals surface area (Å²) < 4.78 is 0. The lowest BCUT2D eigenvalue weighted by Gasteiger charge is -2.31. The Morgan fingerprint density at radius 1 is 1.53 bits per heavy atom. The molecule has 92 valence electrons. The number of hydrogen-bond acceptors (Lipinski definition) is 3. The van der Waals surface area contributed by atoms with Gasteiger partial charge in [0.05, 0.1) is 10.6 Å². The number of aromatic nitrogens is 1. The maximum Gasteiger partial charge on any atom is 0.255 e. The topological polar surface area (TPSA) is 45.2 Å². The van der Waals surface area contributed by atoms with Gasteiger partial charge in [-0.3, -0.25) is 9.78 Å². The van der Waals surface area contributed by atoms with Crippen LogP contribution >= 0.6 is 11.6 Å². The fraction of sp³-hybridized carbons (Fsp3) is 0.500. The van der Waals surface area contributed by atoms with Crippen molar-refractivity contribution >= 4 is 17.5 Å². The first-order valence-electron chi connectivity index (χ1n) is 5.77. The Labute approximate surface area is 106 Å². The summed E-state index contributed by atoms with van der Waals surface area (Å²) in [5, 5.41) is 3.70. The van der Waals surface area contributed by atoms with E-state index >= 15 is 0 Å². The molecular weight excluding hydrogens is 238 g/mol. The lowest BCUT2D eigenvalue weighted by Crippen LogP contribution is -2.44. The van der Waals surface area contributed by atoms with Crippen LogP contribution in [0.2, 0.25) is 5.02 Å². The van der Waals surface area contributed by atoms with E-state index in [0.29, 0.717) is 16.6 Å². The zero-order valence-electron chi connectivity index (χ0n) is 9.82. The van der Waals surface area contributed by atoms with E-state index in [1.54, 1.807) is 17.2 Å². The molecule has 0 atom stereocenters. The van der Waals surface area contributed by atoms with Crippen LogP contribution in [0.1, 0.15) is 23.2 Å². The lowest BCUT2D eigenvalue weighted by molar-refractivity contribution is 0.0703.